The number of rotatable bonds is 2. The lowest BCUT2D eigenvalue weighted by atomic mass is 9.92. The van der Waals surface area contributed by atoms with Gasteiger partial charge in [0.25, 0.3) is 5.91 Å². The second-order valence-corrected chi connectivity index (χ2v) is 7.76. The number of aromatic nitrogens is 2. The highest BCUT2D eigenvalue weighted by Gasteiger charge is 2.37. The molecule has 1 aliphatic carbocycles. The molecule has 1 aromatic carbocycles. The first-order chi connectivity index (χ1) is 11.8. The van der Waals surface area contributed by atoms with Crippen LogP contribution in [0.4, 0.5) is 0 Å². The second kappa shape index (κ2) is 6.93. The zero-order valence-electron chi connectivity index (χ0n) is 13.6. The molecule has 1 amide bonds. The third-order valence-corrected chi connectivity index (χ3v) is 6.38. The fourth-order valence-electron chi connectivity index (χ4n) is 3.82. The Bertz CT molecular complexity index is 720. The van der Waals surface area contributed by atoms with Crippen molar-refractivity contribution in [2.24, 2.45) is 0 Å². The van der Waals surface area contributed by atoms with E-state index in [9.17, 15) is 4.79 Å². The Balaban J connectivity index is 1.67. The van der Waals surface area contributed by atoms with Gasteiger partial charge in [-0.05, 0) is 12.8 Å². The molecular weight excluding hydrogens is 318 g/mol. The maximum Gasteiger partial charge on any atom is 0.257 e. The van der Waals surface area contributed by atoms with Crippen LogP contribution in [0.2, 0.25) is 0 Å². The molecule has 0 radical (unpaired) electrons. The summed E-state index contributed by atoms with van der Waals surface area (Å²) in [7, 11) is 0. The summed E-state index contributed by atoms with van der Waals surface area (Å²) in [6.07, 6.45) is 8.07. The largest absolute Gasteiger partial charge is 0.334 e. The summed E-state index contributed by atoms with van der Waals surface area (Å²) < 4.78 is 0. The zero-order valence-corrected chi connectivity index (χ0v) is 14.4. The van der Waals surface area contributed by atoms with E-state index in [1.807, 2.05) is 42.1 Å². The summed E-state index contributed by atoms with van der Waals surface area (Å²) in [6.45, 7) is 0.827. The van der Waals surface area contributed by atoms with Crippen molar-refractivity contribution in [2.75, 3.05) is 12.3 Å². The fourth-order valence-corrected chi connectivity index (χ4v) is 5.26. The summed E-state index contributed by atoms with van der Waals surface area (Å²) in [4.78, 5) is 23.9. The van der Waals surface area contributed by atoms with E-state index in [1.165, 1.54) is 25.6 Å². The number of carbonyl (C=O) groups excluding carboxylic acids is 1. The number of thioether (sulfide) groups is 1. The lowest BCUT2D eigenvalue weighted by Crippen LogP contribution is -2.51. The molecule has 0 bridgehead atoms. The predicted octanol–water partition coefficient (Wildman–Crippen LogP) is 3.64. The molecule has 2 aromatic rings. The maximum atomic E-state index is 13.3. The lowest BCUT2D eigenvalue weighted by Gasteiger charge is -2.43. The van der Waals surface area contributed by atoms with E-state index in [-0.39, 0.29) is 5.91 Å². The van der Waals surface area contributed by atoms with Gasteiger partial charge in [-0.2, -0.15) is 11.8 Å². The Morgan fingerprint density at radius 2 is 2.00 bits per heavy atom. The van der Waals surface area contributed by atoms with Gasteiger partial charge >= 0.3 is 0 Å². The molecule has 124 valence electrons. The third-order valence-electron chi connectivity index (χ3n) is 4.98. The van der Waals surface area contributed by atoms with Gasteiger partial charge < -0.3 is 4.90 Å². The van der Waals surface area contributed by atoms with Crippen LogP contribution < -0.4 is 0 Å². The summed E-state index contributed by atoms with van der Waals surface area (Å²) in [5.74, 6) is 1.12. The van der Waals surface area contributed by atoms with Gasteiger partial charge in [0.15, 0.2) is 0 Å². The minimum absolute atomic E-state index is 0.0895. The molecule has 4 nitrogen and oxygen atoms in total. The summed E-state index contributed by atoms with van der Waals surface area (Å²) in [5, 5.41) is 0.598. The first-order valence-corrected chi connectivity index (χ1v) is 9.67. The normalized spacial score (nSPS) is 23.6. The molecule has 1 aromatic heterocycles. The molecule has 1 saturated carbocycles. The Labute approximate surface area is 146 Å². The van der Waals surface area contributed by atoms with Gasteiger partial charge in [0.1, 0.15) is 6.33 Å². The molecule has 24 heavy (non-hydrogen) atoms. The van der Waals surface area contributed by atoms with E-state index in [1.54, 1.807) is 6.20 Å². The average Bonchev–Trinajstić information content (AvgIpc) is 2.68. The Hall–Kier alpha value is -1.88. The number of carbonyl (C=O) groups is 1. The van der Waals surface area contributed by atoms with Crippen LogP contribution in [0.15, 0.2) is 42.9 Å². The van der Waals surface area contributed by atoms with Crippen LogP contribution in [0.3, 0.4) is 0 Å². The summed E-state index contributed by atoms with van der Waals surface area (Å²) in [5.41, 5.74) is 2.33. The van der Waals surface area contributed by atoms with Crippen molar-refractivity contribution in [3.63, 3.8) is 0 Å². The standard InChI is InChI=1S/C19H21N3OS/c23-19(22-10-11-24-17-9-5-4-8-16(17)22)15-12-20-13-21-18(15)14-6-2-1-3-7-14/h1-3,6-7,12-13,16-17H,4-5,8-11H2/t16-,17-/m0/s1. The van der Waals surface area contributed by atoms with Gasteiger partial charge in [-0.15, -0.1) is 0 Å². The highest BCUT2D eigenvalue weighted by molar-refractivity contribution is 8.00. The van der Waals surface area contributed by atoms with Crippen molar-refractivity contribution in [3.05, 3.63) is 48.4 Å². The van der Waals surface area contributed by atoms with Crippen LogP contribution in [0.1, 0.15) is 36.0 Å². The molecule has 2 aliphatic rings. The van der Waals surface area contributed by atoms with E-state index >= 15 is 0 Å². The van der Waals surface area contributed by atoms with E-state index in [4.69, 9.17) is 0 Å². The molecule has 0 unspecified atom stereocenters. The average molecular weight is 339 g/mol. The molecular formula is C19H21N3OS. The molecule has 2 heterocycles. The molecule has 4 rings (SSSR count). The molecule has 0 spiro atoms. The molecule has 1 saturated heterocycles. The Morgan fingerprint density at radius 1 is 1.17 bits per heavy atom. The monoisotopic (exact) mass is 339 g/mol. The van der Waals surface area contributed by atoms with Gasteiger partial charge in [-0.25, -0.2) is 9.97 Å². The SMILES string of the molecule is O=C(c1cncnc1-c1ccccc1)N1CCS[C@H]2CCCC[C@@H]21. The molecule has 1 aliphatic heterocycles. The van der Waals surface area contributed by atoms with Crippen LogP contribution in [-0.4, -0.2) is 44.4 Å². The van der Waals surface area contributed by atoms with Gasteiger partial charge in [-0.3, -0.25) is 4.79 Å². The molecule has 5 heteroatoms. The highest BCUT2D eigenvalue weighted by atomic mass is 32.2. The van der Waals surface area contributed by atoms with Crippen LogP contribution in [0.5, 0.6) is 0 Å². The molecule has 2 atom stereocenters. The van der Waals surface area contributed by atoms with Crippen LogP contribution in [0, 0.1) is 0 Å². The number of hydrogen-bond acceptors (Lipinski definition) is 4. The molecule has 2 fully saturated rings. The van der Waals surface area contributed by atoms with Gasteiger partial charge in [0.05, 0.1) is 11.3 Å². The Kier molecular flexibility index (Phi) is 4.52. The zero-order chi connectivity index (χ0) is 16.4. The lowest BCUT2D eigenvalue weighted by molar-refractivity contribution is 0.0646. The Morgan fingerprint density at radius 3 is 2.88 bits per heavy atom. The smallest absolute Gasteiger partial charge is 0.257 e. The van der Waals surface area contributed by atoms with Crippen molar-refractivity contribution < 1.29 is 4.79 Å². The van der Waals surface area contributed by atoms with Crippen LogP contribution in [0.25, 0.3) is 11.3 Å². The van der Waals surface area contributed by atoms with Crippen molar-refractivity contribution in [3.8, 4) is 11.3 Å². The number of benzene rings is 1. The molecule has 0 N–H and O–H groups in total. The minimum atomic E-state index is 0.0895. The number of hydrogen-bond donors (Lipinski definition) is 0. The van der Waals surface area contributed by atoms with E-state index in [2.05, 4.69) is 14.9 Å². The fraction of sp³-hybridized carbons (Fsp3) is 0.421. The first kappa shape index (κ1) is 15.6. The van der Waals surface area contributed by atoms with Crippen molar-refractivity contribution in [2.45, 2.75) is 37.0 Å². The summed E-state index contributed by atoms with van der Waals surface area (Å²) in [6, 6.07) is 10.3. The van der Waals surface area contributed by atoms with Crippen LogP contribution >= 0.6 is 11.8 Å². The quantitative estimate of drug-likeness (QED) is 0.838. The van der Waals surface area contributed by atoms with E-state index < -0.39 is 0 Å². The van der Waals surface area contributed by atoms with Gasteiger partial charge in [0, 0.05) is 35.3 Å². The number of amides is 1. The number of fused-ring (bicyclic) bond motifs is 1. The van der Waals surface area contributed by atoms with Gasteiger partial charge in [-0.1, -0.05) is 43.2 Å². The van der Waals surface area contributed by atoms with Crippen molar-refractivity contribution >= 4 is 17.7 Å². The van der Waals surface area contributed by atoms with E-state index in [0.29, 0.717) is 16.9 Å². The first-order valence-electron chi connectivity index (χ1n) is 8.62. The highest BCUT2D eigenvalue weighted by Crippen LogP contribution is 2.36. The minimum Gasteiger partial charge on any atom is -0.334 e. The summed E-state index contributed by atoms with van der Waals surface area (Å²) >= 11 is 2.04. The maximum absolute atomic E-state index is 13.3. The van der Waals surface area contributed by atoms with Crippen molar-refractivity contribution in [1.82, 2.24) is 14.9 Å². The van der Waals surface area contributed by atoms with E-state index in [0.717, 1.165) is 30.0 Å². The second-order valence-electron chi connectivity index (χ2n) is 6.41. The van der Waals surface area contributed by atoms with Crippen LogP contribution in [-0.2, 0) is 0 Å². The number of nitrogens with zero attached hydrogens (tertiary/aromatic N) is 3. The van der Waals surface area contributed by atoms with Gasteiger partial charge in [0.2, 0.25) is 0 Å². The topological polar surface area (TPSA) is 46.1 Å². The van der Waals surface area contributed by atoms with Crippen molar-refractivity contribution in [1.29, 1.82) is 0 Å². The third kappa shape index (κ3) is 2.93. The predicted molar refractivity (Wildman–Crippen MR) is 97.0 cm³/mol.